The molecule has 1 aliphatic rings. The van der Waals surface area contributed by atoms with Gasteiger partial charge in [-0.1, -0.05) is 55.0 Å². The van der Waals surface area contributed by atoms with E-state index in [2.05, 4.69) is 32.5 Å². The van der Waals surface area contributed by atoms with Crippen molar-refractivity contribution in [2.75, 3.05) is 11.9 Å². The summed E-state index contributed by atoms with van der Waals surface area (Å²) in [5.41, 5.74) is 5.31. The second-order valence-corrected chi connectivity index (χ2v) is 10.1. The molecular formula is C31H32BF2N7O2. The molecule has 1 amide bonds. The summed E-state index contributed by atoms with van der Waals surface area (Å²) < 4.78 is 31.1. The van der Waals surface area contributed by atoms with Gasteiger partial charge in [0.25, 0.3) is 0 Å². The van der Waals surface area contributed by atoms with Gasteiger partial charge < -0.3 is 20.2 Å². The highest BCUT2D eigenvalue weighted by molar-refractivity contribution is 6.46. The van der Waals surface area contributed by atoms with Crippen LogP contribution in [0.2, 0.25) is 0 Å². The molecule has 2 aromatic carbocycles. The molecule has 220 valence electrons. The van der Waals surface area contributed by atoms with E-state index in [1.165, 1.54) is 0 Å². The van der Waals surface area contributed by atoms with E-state index >= 15 is 0 Å². The van der Waals surface area contributed by atoms with Gasteiger partial charge >= 0.3 is 7.40 Å². The van der Waals surface area contributed by atoms with Gasteiger partial charge in [-0.05, 0) is 72.9 Å². The van der Waals surface area contributed by atoms with Gasteiger partial charge in [0.1, 0.15) is 18.3 Å². The molecule has 0 aliphatic carbocycles. The molecule has 0 radical (unpaired) electrons. The number of aliphatic imine (C=N–C) groups is 1. The summed E-state index contributed by atoms with van der Waals surface area (Å²) in [5.74, 6) is 0.235. The van der Waals surface area contributed by atoms with E-state index in [0.717, 1.165) is 40.9 Å². The SMILES string of the molecule is CCCCc1cn(-c2ccc(C(=C3C=CC(=NCc4ccccc4C)N3B(F)F)c3ccc(NC(=O)CO)cc3)[nH]2)nn1. The molecule has 43 heavy (non-hydrogen) atoms. The number of halogens is 2. The number of aryl methyl sites for hydroxylation is 2. The third kappa shape index (κ3) is 6.81. The predicted octanol–water partition coefficient (Wildman–Crippen LogP) is 5.33. The van der Waals surface area contributed by atoms with Gasteiger partial charge in [0, 0.05) is 22.7 Å². The Hall–Kier alpha value is -4.84. The number of aromatic nitrogens is 4. The number of hydrogen-bond donors (Lipinski definition) is 3. The lowest BCUT2D eigenvalue weighted by atomic mass is 9.98. The number of nitrogens with zero attached hydrogens (tertiary/aromatic N) is 5. The Bertz CT molecular complexity index is 1680. The number of anilines is 1. The quantitative estimate of drug-likeness (QED) is 0.207. The highest BCUT2D eigenvalue weighted by Crippen LogP contribution is 2.34. The third-order valence-corrected chi connectivity index (χ3v) is 7.14. The van der Waals surface area contributed by atoms with E-state index in [4.69, 9.17) is 5.11 Å². The van der Waals surface area contributed by atoms with Crippen LogP contribution in [0, 0.1) is 6.92 Å². The first-order valence-corrected chi connectivity index (χ1v) is 14.1. The Morgan fingerprint density at radius 2 is 1.88 bits per heavy atom. The van der Waals surface area contributed by atoms with E-state index in [-0.39, 0.29) is 18.1 Å². The molecule has 1 aliphatic heterocycles. The minimum atomic E-state index is -2.86. The van der Waals surface area contributed by atoms with Gasteiger partial charge in [-0.2, -0.15) is 0 Å². The number of carbonyl (C=O) groups is 1. The second-order valence-electron chi connectivity index (χ2n) is 10.1. The van der Waals surface area contributed by atoms with E-state index in [0.29, 0.717) is 28.3 Å². The summed E-state index contributed by atoms with van der Waals surface area (Å²) in [4.78, 5) is 20.5. The van der Waals surface area contributed by atoms with Gasteiger partial charge in [-0.15, -0.1) is 5.10 Å². The maximum atomic E-state index is 14.7. The zero-order chi connectivity index (χ0) is 30.3. The van der Waals surface area contributed by atoms with Crippen LogP contribution >= 0.6 is 0 Å². The first-order chi connectivity index (χ1) is 20.9. The third-order valence-electron chi connectivity index (χ3n) is 7.14. The number of amides is 1. The summed E-state index contributed by atoms with van der Waals surface area (Å²) in [6.45, 7) is 3.69. The number of hydrogen-bond acceptors (Lipinski definition) is 5. The minimum Gasteiger partial charge on any atom is -0.387 e. The molecule has 0 saturated heterocycles. The van der Waals surface area contributed by atoms with Crippen LogP contribution in [-0.2, 0) is 17.8 Å². The van der Waals surface area contributed by atoms with E-state index in [1.807, 2.05) is 49.5 Å². The van der Waals surface area contributed by atoms with Crippen molar-refractivity contribution in [3.05, 3.63) is 113 Å². The molecule has 3 N–H and O–H groups in total. The van der Waals surface area contributed by atoms with Crippen LogP contribution in [0.3, 0.4) is 0 Å². The van der Waals surface area contributed by atoms with Crippen molar-refractivity contribution in [1.29, 1.82) is 0 Å². The summed E-state index contributed by atoms with van der Waals surface area (Å²) in [5, 5.41) is 20.2. The maximum Gasteiger partial charge on any atom is 0.679 e. The lowest BCUT2D eigenvalue weighted by molar-refractivity contribution is -0.118. The van der Waals surface area contributed by atoms with Crippen LogP contribution in [0.1, 0.15) is 47.8 Å². The lowest BCUT2D eigenvalue weighted by Crippen LogP contribution is -2.34. The highest BCUT2D eigenvalue weighted by atomic mass is 19.2. The van der Waals surface area contributed by atoms with Crippen LogP contribution in [0.15, 0.2) is 89.7 Å². The number of H-pyrrole nitrogens is 1. The molecule has 0 spiro atoms. The average Bonchev–Trinajstić information content (AvgIpc) is 3.77. The van der Waals surface area contributed by atoms with Crippen molar-refractivity contribution in [2.45, 2.75) is 39.7 Å². The van der Waals surface area contributed by atoms with Crippen molar-refractivity contribution in [3.63, 3.8) is 0 Å². The largest absolute Gasteiger partial charge is 0.679 e. The molecule has 3 heterocycles. The molecule has 4 aromatic rings. The van der Waals surface area contributed by atoms with E-state index in [9.17, 15) is 13.4 Å². The van der Waals surface area contributed by atoms with Gasteiger partial charge in [-0.25, -0.2) is 4.68 Å². The number of rotatable bonds is 11. The number of benzene rings is 2. The second kappa shape index (κ2) is 13.4. The van der Waals surface area contributed by atoms with Gasteiger partial charge in [0.2, 0.25) is 5.91 Å². The molecule has 0 bridgehead atoms. The molecule has 5 rings (SSSR count). The number of unbranched alkanes of at least 4 members (excludes halogenated alkanes) is 1. The zero-order valence-corrected chi connectivity index (χ0v) is 24.0. The van der Waals surface area contributed by atoms with E-state index < -0.39 is 19.9 Å². The normalized spacial score (nSPS) is 14.9. The zero-order valence-electron chi connectivity index (χ0n) is 24.0. The molecule has 12 heteroatoms. The van der Waals surface area contributed by atoms with Crippen LogP contribution in [0.25, 0.3) is 11.4 Å². The monoisotopic (exact) mass is 583 g/mol. The first kappa shape index (κ1) is 29.7. The van der Waals surface area contributed by atoms with Crippen molar-refractivity contribution >= 4 is 30.4 Å². The Balaban J connectivity index is 1.56. The van der Waals surface area contributed by atoms with Crippen LogP contribution in [-0.4, -0.2) is 55.6 Å². The fourth-order valence-electron chi connectivity index (χ4n) is 4.84. The Kier molecular flexibility index (Phi) is 9.26. The molecule has 0 atom stereocenters. The Morgan fingerprint density at radius 3 is 2.60 bits per heavy atom. The summed E-state index contributed by atoms with van der Waals surface area (Å²) in [6, 6.07) is 18.1. The highest BCUT2D eigenvalue weighted by Gasteiger charge is 2.35. The number of carbonyl (C=O) groups excluding carboxylic acids is 1. The minimum absolute atomic E-state index is 0.154. The van der Waals surface area contributed by atoms with Crippen LogP contribution < -0.4 is 5.32 Å². The fourth-order valence-corrected chi connectivity index (χ4v) is 4.84. The van der Waals surface area contributed by atoms with Crippen molar-refractivity contribution < 1.29 is 18.5 Å². The molecule has 0 fully saturated rings. The number of aliphatic hydroxyl groups is 1. The molecule has 2 aromatic heterocycles. The smallest absolute Gasteiger partial charge is 0.387 e. The maximum absolute atomic E-state index is 14.7. The summed E-state index contributed by atoms with van der Waals surface area (Å²) in [7, 11) is -2.86. The number of amidine groups is 1. The standard InChI is InChI=1S/C31H32BF2N7O2/c1-3-4-9-25-19-40(39-38-25)29-16-14-26(37-29)31(22-10-12-24(13-11-22)36-30(43)20-42)27-15-17-28(41(27)32(33)34)35-18-23-8-6-5-7-21(23)2/h5-8,10-17,19,37,42H,3-4,9,18,20H2,1-2H3,(H,36,43). The number of nitrogens with one attached hydrogen (secondary N) is 2. The molecule has 0 unspecified atom stereocenters. The first-order valence-electron chi connectivity index (χ1n) is 14.1. The molecule has 9 nitrogen and oxygen atoms in total. The van der Waals surface area contributed by atoms with E-state index in [1.54, 1.807) is 41.1 Å². The summed E-state index contributed by atoms with van der Waals surface area (Å²) >= 11 is 0. The number of aliphatic hydroxyl groups excluding tert-OH is 1. The molecular weight excluding hydrogens is 551 g/mol. The molecule has 0 saturated carbocycles. The van der Waals surface area contributed by atoms with Crippen molar-refractivity contribution in [2.24, 2.45) is 4.99 Å². The van der Waals surface area contributed by atoms with Gasteiger partial charge in [0.05, 0.1) is 18.4 Å². The van der Waals surface area contributed by atoms with Crippen LogP contribution in [0.5, 0.6) is 0 Å². The van der Waals surface area contributed by atoms with Crippen LogP contribution in [0.4, 0.5) is 14.3 Å². The average molecular weight is 583 g/mol. The van der Waals surface area contributed by atoms with Gasteiger partial charge in [0.15, 0.2) is 0 Å². The number of aromatic amines is 1. The summed E-state index contributed by atoms with van der Waals surface area (Å²) in [6.07, 6.45) is 7.95. The predicted molar refractivity (Wildman–Crippen MR) is 164 cm³/mol. The lowest BCUT2D eigenvalue weighted by Gasteiger charge is -2.22. The fraction of sp³-hybridized carbons (Fsp3) is 0.226. The number of allylic oxidation sites excluding steroid dienone is 1. The van der Waals surface area contributed by atoms with Gasteiger partial charge in [-0.3, -0.25) is 18.4 Å². The Labute approximate surface area is 248 Å². The van der Waals surface area contributed by atoms with Crippen molar-refractivity contribution in [1.82, 2.24) is 24.8 Å². The Morgan fingerprint density at radius 1 is 1.09 bits per heavy atom. The topological polar surface area (TPSA) is 111 Å². The van der Waals surface area contributed by atoms with Crippen molar-refractivity contribution in [3.8, 4) is 5.82 Å².